The molecule has 15 heavy (non-hydrogen) atoms. The fourth-order valence-electron chi connectivity index (χ4n) is 1.59. The second-order valence-electron chi connectivity index (χ2n) is 4.51. The molecule has 1 aliphatic rings. The molecule has 5 nitrogen and oxygen atoms in total. The van der Waals surface area contributed by atoms with E-state index >= 15 is 0 Å². The quantitative estimate of drug-likeness (QED) is 0.724. The van der Waals surface area contributed by atoms with E-state index in [9.17, 15) is 8.42 Å². The zero-order valence-corrected chi connectivity index (χ0v) is 10.4. The van der Waals surface area contributed by atoms with Gasteiger partial charge < -0.3 is 4.74 Å². The molecule has 0 bridgehead atoms. The van der Waals surface area contributed by atoms with E-state index in [1.165, 1.54) is 6.26 Å². The van der Waals surface area contributed by atoms with Gasteiger partial charge in [-0.2, -0.15) is 0 Å². The minimum atomic E-state index is -3.10. The highest BCUT2D eigenvalue weighted by molar-refractivity contribution is 7.88. The summed E-state index contributed by atoms with van der Waals surface area (Å²) in [4.78, 5) is 2.24. The van der Waals surface area contributed by atoms with Crippen molar-refractivity contribution in [3.63, 3.8) is 0 Å². The van der Waals surface area contributed by atoms with E-state index in [-0.39, 0.29) is 5.54 Å². The molecule has 1 fully saturated rings. The highest BCUT2D eigenvalue weighted by Crippen LogP contribution is 2.15. The van der Waals surface area contributed by atoms with Crippen LogP contribution in [0.3, 0.4) is 0 Å². The molecule has 0 aromatic rings. The SMILES string of the molecule is CC(C)(CNS(C)(=O)=O)N1CCOCC1. The van der Waals surface area contributed by atoms with Gasteiger partial charge in [-0.1, -0.05) is 0 Å². The summed E-state index contributed by atoms with van der Waals surface area (Å²) < 4.78 is 29.8. The molecular formula is C9H20N2O3S. The van der Waals surface area contributed by atoms with Crippen molar-refractivity contribution in [3.05, 3.63) is 0 Å². The molecule has 1 heterocycles. The smallest absolute Gasteiger partial charge is 0.208 e. The number of ether oxygens (including phenoxy) is 1. The van der Waals surface area contributed by atoms with Gasteiger partial charge in [-0.3, -0.25) is 4.90 Å². The molecule has 0 aromatic heterocycles. The number of hydrogen-bond acceptors (Lipinski definition) is 4. The van der Waals surface area contributed by atoms with Crippen molar-refractivity contribution in [1.29, 1.82) is 0 Å². The molecule has 0 aromatic carbocycles. The van der Waals surface area contributed by atoms with Crippen LogP contribution in [0.2, 0.25) is 0 Å². The average molecular weight is 236 g/mol. The van der Waals surface area contributed by atoms with Gasteiger partial charge >= 0.3 is 0 Å². The Morgan fingerprint density at radius 3 is 2.33 bits per heavy atom. The number of rotatable bonds is 4. The molecule has 0 radical (unpaired) electrons. The van der Waals surface area contributed by atoms with Crippen LogP contribution in [0.25, 0.3) is 0 Å². The van der Waals surface area contributed by atoms with Crippen molar-refractivity contribution in [1.82, 2.24) is 9.62 Å². The Labute approximate surface area is 91.8 Å². The van der Waals surface area contributed by atoms with Gasteiger partial charge in [-0.05, 0) is 13.8 Å². The predicted molar refractivity (Wildman–Crippen MR) is 59.3 cm³/mol. The molecule has 0 spiro atoms. The van der Waals surface area contributed by atoms with Crippen molar-refractivity contribution in [2.45, 2.75) is 19.4 Å². The summed E-state index contributed by atoms with van der Waals surface area (Å²) in [5, 5.41) is 0. The number of sulfonamides is 1. The van der Waals surface area contributed by atoms with E-state index in [0.29, 0.717) is 6.54 Å². The van der Waals surface area contributed by atoms with Gasteiger partial charge in [-0.25, -0.2) is 13.1 Å². The summed E-state index contributed by atoms with van der Waals surface area (Å²) in [6.45, 7) is 7.68. The Morgan fingerprint density at radius 1 is 1.33 bits per heavy atom. The lowest BCUT2D eigenvalue weighted by atomic mass is 10.0. The first-order valence-electron chi connectivity index (χ1n) is 5.09. The molecule has 1 aliphatic heterocycles. The Kier molecular flexibility index (Phi) is 4.11. The van der Waals surface area contributed by atoms with Crippen LogP contribution in [-0.4, -0.2) is 58.0 Å². The van der Waals surface area contributed by atoms with Crippen LogP contribution in [0.5, 0.6) is 0 Å². The zero-order valence-electron chi connectivity index (χ0n) is 9.62. The second kappa shape index (κ2) is 4.78. The highest BCUT2D eigenvalue weighted by atomic mass is 32.2. The van der Waals surface area contributed by atoms with Crippen LogP contribution in [0.1, 0.15) is 13.8 Å². The standard InChI is InChI=1S/C9H20N2O3S/c1-9(2,8-10-15(3,12)13)11-4-6-14-7-5-11/h10H,4-8H2,1-3H3. The summed E-state index contributed by atoms with van der Waals surface area (Å²) in [6, 6.07) is 0. The predicted octanol–water partition coefficient (Wildman–Crippen LogP) is -0.354. The number of hydrogen-bond donors (Lipinski definition) is 1. The van der Waals surface area contributed by atoms with E-state index in [1.54, 1.807) is 0 Å². The first-order valence-corrected chi connectivity index (χ1v) is 6.98. The molecule has 1 N–H and O–H groups in total. The Hall–Kier alpha value is -0.170. The number of morpholine rings is 1. The van der Waals surface area contributed by atoms with E-state index in [1.807, 2.05) is 13.8 Å². The van der Waals surface area contributed by atoms with Crippen LogP contribution in [0.15, 0.2) is 0 Å². The fourth-order valence-corrected chi connectivity index (χ4v) is 2.20. The summed E-state index contributed by atoms with van der Waals surface area (Å²) in [5.74, 6) is 0. The molecule has 0 unspecified atom stereocenters. The van der Waals surface area contributed by atoms with E-state index in [2.05, 4.69) is 9.62 Å². The maximum atomic E-state index is 11.0. The van der Waals surface area contributed by atoms with Gasteiger partial charge in [0.25, 0.3) is 0 Å². The number of nitrogens with zero attached hydrogens (tertiary/aromatic N) is 1. The van der Waals surface area contributed by atoms with Gasteiger partial charge in [0.1, 0.15) is 0 Å². The van der Waals surface area contributed by atoms with E-state index in [0.717, 1.165) is 26.3 Å². The molecule has 1 rings (SSSR count). The third kappa shape index (κ3) is 4.46. The highest BCUT2D eigenvalue weighted by Gasteiger charge is 2.28. The number of nitrogens with one attached hydrogen (secondary N) is 1. The molecular weight excluding hydrogens is 216 g/mol. The first-order chi connectivity index (χ1) is 6.81. The summed E-state index contributed by atoms with van der Waals surface area (Å²) in [6.07, 6.45) is 1.18. The molecule has 0 aliphatic carbocycles. The van der Waals surface area contributed by atoms with Gasteiger partial charge in [0, 0.05) is 25.2 Å². The summed E-state index contributed by atoms with van der Waals surface area (Å²) in [7, 11) is -3.10. The molecule has 0 atom stereocenters. The normalized spacial score (nSPS) is 20.5. The monoisotopic (exact) mass is 236 g/mol. The molecule has 1 saturated heterocycles. The van der Waals surface area contributed by atoms with Crippen molar-refractivity contribution < 1.29 is 13.2 Å². The third-order valence-corrected chi connectivity index (χ3v) is 3.30. The van der Waals surface area contributed by atoms with E-state index in [4.69, 9.17) is 4.74 Å². The maximum absolute atomic E-state index is 11.0. The molecule has 90 valence electrons. The van der Waals surface area contributed by atoms with Gasteiger partial charge in [0.15, 0.2) is 0 Å². The van der Waals surface area contributed by atoms with Gasteiger partial charge in [0.05, 0.1) is 19.5 Å². The average Bonchev–Trinajstić information content (AvgIpc) is 2.16. The Balaban J connectivity index is 2.49. The summed E-state index contributed by atoms with van der Waals surface area (Å²) in [5.41, 5.74) is -0.160. The van der Waals surface area contributed by atoms with Crippen molar-refractivity contribution in [2.24, 2.45) is 0 Å². The van der Waals surface area contributed by atoms with Crippen LogP contribution in [-0.2, 0) is 14.8 Å². The van der Waals surface area contributed by atoms with E-state index < -0.39 is 10.0 Å². The maximum Gasteiger partial charge on any atom is 0.208 e. The van der Waals surface area contributed by atoms with Crippen LogP contribution < -0.4 is 4.72 Å². The lowest BCUT2D eigenvalue weighted by molar-refractivity contribution is -0.00802. The van der Waals surface area contributed by atoms with Crippen molar-refractivity contribution in [3.8, 4) is 0 Å². The first kappa shape index (κ1) is 12.9. The topological polar surface area (TPSA) is 58.6 Å². The Morgan fingerprint density at radius 2 is 1.87 bits per heavy atom. The van der Waals surface area contributed by atoms with Crippen LogP contribution in [0.4, 0.5) is 0 Å². The second-order valence-corrected chi connectivity index (χ2v) is 6.34. The van der Waals surface area contributed by atoms with Crippen LogP contribution in [0, 0.1) is 0 Å². The van der Waals surface area contributed by atoms with Gasteiger partial charge in [-0.15, -0.1) is 0 Å². The minimum absolute atomic E-state index is 0.160. The zero-order chi connectivity index (χ0) is 11.5. The third-order valence-electron chi connectivity index (χ3n) is 2.63. The van der Waals surface area contributed by atoms with Crippen molar-refractivity contribution >= 4 is 10.0 Å². The minimum Gasteiger partial charge on any atom is -0.379 e. The lowest BCUT2D eigenvalue weighted by Crippen LogP contribution is -2.55. The molecule has 0 amide bonds. The van der Waals surface area contributed by atoms with Crippen LogP contribution >= 0.6 is 0 Å². The Bertz CT molecular complexity index is 294. The molecule has 6 heteroatoms. The van der Waals surface area contributed by atoms with Gasteiger partial charge in [0.2, 0.25) is 10.0 Å². The molecule has 0 saturated carbocycles. The largest absolute Gasteiger partial charge is 0.379 e. The summed E-state index contributed by atoms with van der Waals surface area (Å²) >= 11 is 0. The van der Waals surface area contributed by atoms with Crippen molar-refractivity contribution in [2.75, 3.05) is 39.1 Å². The fraction of sp³-hybridized carbons (Fsp3) is 1.00. The lowest BCUT2D eigenvalue weighted by Gasteiger charge is -2.40.